The van der Waals surface area contributed by atoms with Gasteiger partial charge in [0.2, 0.25) is 0 Å². The molecule has 1 rings (SSSR count). The average molecular weight is 198 g/mol. The first-order chi connectivity index (χ1) is 5.96. The first-order valence-electron chi connectivity index (χ1n) is 4.13. The van der Waals surface area contributed by atoms with Crippen molar-refractivity contribution in [2.75, 3.05) is 7.11 Å². The fourth-order valence-electron chi connectivity index (χ4n) is 0.964. The summed E-state index contributed by atoms with van der Waals surface area (Å²) in [6.45, 7) is 5.73. The summed E-state index contributed by atoms with van der Waals surface area (Å²) in [4.78, 5) is 12.6. The third-order valence-corrected chi connectivity index (χ3v) is 2.63. The molecule has 0 radical (unpaired) electrons. The normalized spacial score (nSPS) is 11.4. The molecule has 0 bridgehead atoms. The molecule has 13 heavy (non-hydrogen) atoms. The minimum Gasteiger partial charge on any atom is -0.495 e. The van der Waals surface area contributed by atoms with Crippen LogP contribution in [0.15, 0.2) is 11.4 Å². The number of carbonyl (C=O) groups excluding carboxylic acids is 1. The Hall–Kier alpha value is -0.830. The van der Waals surface area contributed by atoms with E-state index in [4.69, 9.17) is 4.74 Å². The number of rotatable bonds is 2. The molecular formula is C10H14O2S. The number of methoxy groups -OCH3 is 1. The topological polar surface area (TPSA) is 26.3 Å². The van der Waals surface area contributed by atoms with Gasteiger partial charge in [-0.25, -0.2) is 0 Å². The maximum absolute atomic E-state index is 11.8. The van der Waals surface area contributed by atoms with Crippen LogP contribution in [0, 0.1) is 5.41 Å². The van der Waals surface area contributed by atoms with Crippen LogP contribution in [0.5, 0.6) is 5.75 Å². The molecule has 72 valence electrons. The van der Waals surface area contributed by atoms with Gasteiger partial charge >= 0.3 is 0 Å². The van der Waals surface area contributed by atoms with Crippen LogP contribution in [0.3, 0.4) is 0 Å². The summed E-state index contributed by atoms with van der Waals surface area (Å²) in [6.07, 6.45) is 0. The van der Waals surface area contributed by atoms with Crippen molar-refractivity contribution in [3.63, 3.8) is 0 Å². The second kappa shape index (κ2) is 3.50. The largest absolute Gasteiger partial charge is 0.495 e. The summed E-state index contributed by atoms with van der Waals surface area (Å²) in [7, 11) is 1.58. The van der Waals surface area contributed by atoms with Gasteiger partial charge in [0, 0.05) is 5.41 Å². The van der Waals surface area contributed by atoms with Crippen molar-refractivity contribution in [1.29, 1.82) is 0 Å². The maximum Gasteiger partial charge on any atom is 0.181 e. The Morgan fingerprint density at radius 3 is 2.54 bits per heavy atom. The van der Waals surface area contributed by atoms with Crippen LogP contribution in [0.4, 0.5) is 0 Å². The van der Waals surface area contributed by atoms with Crippen LogP contribution < -0.4 is 4.74 Å². The molecule has 1 aromatic rings. The van der Waals surface area contributed by atoms with E-state index in [0.717, 1.165) is 4.88 Å². The van der Waals surface area contributed by atoms with Crippen molar-refractivity contribution in [1.82, 2.24) is 0 Å². The number of hydrogen-bond donors (Lipinski definition) is 0. The summed E-state index contributed by atoms with van der Waals surface area (Å²) in [5.74, 6) is 0.823. The third-order valence-electron chi connectivity index (χ3n) is 1.74. The molecule has 1 aromatic heterocycles. The van der Waals surface area contributed by atoms with Crippen LogP contribution in [-0.2, 0) is 0 Å². The molecular weight excluding hydrogens is 184 g/mol. The molecule has 0 spiro atoms. The fourth-order valence-corrected chi connectivity index (χ4v) is 1.97. The van der Waals surface area contributed by atoms with Gasteiger partial charge in [-0.1, -0.05) is 20.8 Å². The minimum absolute atomic E-state index is 0.138. The fraction of sp³-hybridized carbons (Fsp3) is 0.500. The summed E-state index contributed by atoms with van der Waals surface area (Å²) in [5, 5.41) is 1.87. The lowest BCUT2D eigenvalue weighted by Crippen LogP contribution is -2.19. The molecule has 0 aliphatic heterocycles. The van der Waals surface area contributed by atoms with E-state index < -0.39 is 0 Å². The summed E-state index contributed by atoms with van der Waals surface area (Å²) >= 11 is 1.43. The van der Waals surface area contributed by atoms with E-state index in [9.17, 15) is 4.79 Å². The van der Waals surface area contributed by atoms with E-state index >= 15 is 0 Å². The number of carbonyl (C=O) groups is 1. The highest BCUT2D eigenvalue weighted by Crippen LogP contribution is 2.31. The first-order valence-corrected chi connectivity index (χ1v) is 5.01. The van der Waals surface area contributed by atoms with Crippen molar-refractivity contribution >= 4 is 17.1 Å². The lowest BCUT2D eigenvalue weighted by molar-refractivity contribution is 0.0860. The van der Waals surface area contributed by atoms with Crippen molar-refractivity contribution in [2.45, 2.75) is 20.8 Å². The second-order valence-electron chi connectivity index (χ2n) is 3.90. The molecule has 0 unspecified atom stereocenters. The van der Waals surface area contributed by atoms with Crippen LogP contribution in [0.2, 0.25) is 0 Å². The summed E-state index contributed by atoms with van der Waals surface area (Å²) in [5.41, 5.74) is -0.335. The van der Waals surface area contributed by atoms with Gasteiger partial charge in [0.25, 0.3) is 0 Å². The first kappa shape index (κ1) is 10.3. The second-order valence-corrected chi connectivity index (χ2v) is 4.81. The number of ether oxygens (including phenoxy) is 1. The van der Waals surface area contributed by atoms with Gasteiger partial charge < -0.3 is 4.74 Å². The molecule has 2 nitrogen and oxygen atoms in total. The van der Waals surface area contributed by atoms with Gasteiger partial charge in [0.05, 0.1) is 7.11 Å². The lowest BCUT2D eigenvalue weighted by Gasteiger charge is -2.15. The maximum atomic E-state index is 11.8. The molecule has 0 atom stereocenters. The standard InChI is InChI=1S/C10H14O2S/c1-10(2,3)9(11)8-7(12-4)5-6-13-8/h5-6H,1-4H3. The summed E-state index contributed by atoms with van der Waals surface area (Å²) in [6, 6.07) is 1.82. The van der Waals surface area contributed by atoms with Crippen molar-refractivity contribution in [3.8, 4) is 5.75 Å². The smallest absolute Gasteiger partial charge is 0.181 e. The van der Waals surface area contributed by atoms with Crippen LogP contribution >= 0.6 is 11.3 Å². The van der Waals surface area contributed by atoms with Crippen molar-refractivity contribution in [3.05, 3.63) is 16.3 Å². The molecule has 0 amide bonds. The van der Waals surface area contributed by atoms with E-state index in [2.05, 4.69) is 0 Å². The molecule has 0 saturated heterocycles. The highest BCUT2D eigenvalue weighted by atomic mass is 32.1. The third kappa shape index (κ3) is 2.10. The Labute approximate surface area is 82.5 Å². The molecule has 0 N–H and O–H groups in total. The number of thiophene rings is 1. The van der Waals surface area contributed by atoms with E-state index in [0.29, 0.717) is 5.75 Å². The predicted molar refractivity (Wildman–Crippen MR) is 54.7 cm³/mol. The number of hydrogen-bond acceptors (Lipinski definition) is 3. The van der Waals surface area contributed by atoms with Gasteiger partial charge in [-0.2, -0.15) is 0 Å². The molecule has 3 heteroatoms. The van der Waals surface area contributed by atoms with E-state index in [1.54, 1.807) is 7.11 Å². The Kier molecular flexibility index (Phi) is 2.76. The lowest BCUT2D eigenvalue weighted by atomic mass is 9.90. The quantitative estimate of drug-likeness (QED) is 0.683. The van der Waals surface area contributed by atoms with Gasteiger partial charge in [-0.15, -0.1) is 11.3 Å². The number of ketones is 1. The average Bonchev–Trinajstić information content (AvgIpc) is 2.48. The van der Waals surface area contributed by atoms with Gasteiger partial charge in [-0.3, -0.25) is 4.79 Å². The monoisotopic (exact) mass is 198 g/mol. The predicted octanol–water partition coefficient (Wildman–Crippen LogP) is 2.99. The Balaban J connectivity index is 3.02. The molecule has 0 fully saturated rings. The highest BCUT2D eigenvalue weighted by molar-refractivity contribution is 7.12. The Morgan fingerprint density at radius 1 is 1.46 bits per heavy atom. The van der Waals surface area contributed by atoms with Crippen LogP contribution in [0.1, 0.15) is 30.4 Å². The number of Topliss-reactive ketones (excluding diaryl/α,β-unsaturated/α-hetero) is 1. The highest BCUT2D eigenvalue weighted by Gasteiger charge is 2.26. The summed E-state index contributed by atoms with van der Waals surface area (Å²) < 4.78 is 5.09. The van der Waals surface area contributed by atoms with E-state index in [1.807, 2.05) is 32.2 Å². The van der Waals surface area contributed by atoms with E-state index in [1.165, 1.54) is 11.3 Å². The molecule has 1 heterocycles. The zero-order valence-electron chi connectivity index (χ0n) is 8.38. The van der Waals surface area contributed by atoms with Crippen molar-refractivity contribution < 1.29 is 9.53 Å². The molecule has 0 saturated carbocycles. The van der Waals surface area contributed by atoms with Crippen molar-refractivity contribution in [2.24, 2.45) is 5.41 Å². The Bertz CT molecular complexity index is 307. The SMILES string of the molecule is COc1ccsc1C(=O)C(C)(C)C. The zero-order chi connectivity index (χ0) is 10.1. The van der Waals surface area contributed by atoms with Gasteiger partial charge in [-0.05, 0) is 11.4 Å². The molecule has 0 aromatic carbocycles. The molecule has 0 aliphatic rings. The minimum atomic E-state index is -0.335. The molecule has 0 aliphatic carbocycles. The van der Waals surface area contributed by atoms with Crippen LogP contribution in [-0.4, -0.2) is 12.9 Å². The van der Waals surface area contributed by atoms with E-state index in [-0.39, 0.29) is 11.2 Å². The van der Waals surface area contributed by atoms with Crippen LogP contribution in [0.25, 0.3) is 0 Å². The van der Waals surface area contributed by atoms with Gasteiger partial charge in [0.15, 0.2) is 5.78 Å². The zero-order valence-corrected chi connectivity index (χ0v) is 9.20. The Morgan fingerprint density at radius 2 is 2.08 bits per heavy atom. The van der Waals surface area contributed by atoms with Gasteiger partial charge in [0.1, 0.15) is 10.6 Å².